The largest absolute Gasteiger partial charge is 0.409 e. The van der Waals surface area contributed by atoms with Gasteiger partial charge in [-0.2, -0.15) is 4.72 Å². The molecule has 10 heteroatoms. The second-order valence-electron chi connectivity index (χ2n) is 4.89. The van der Waals surface area contributed by atoms with Gasteiger partial charge in [0.1, 0.15) is 0 Å². The Labute approximate surface area is 116 Å². The average molecular weight is 302 g/mol. The Morgan fingerprint density at radius 3 is 2.75 bits per heavy atom. The summed E-state index contributed by atoms with van der Waals surface area (Å²) < 4.78 is 27.1. The van der Waals surface area contributed by atoms with Crippen LogP contribution in [0.5, 0.6) is 0 Å². The van der Waals surface area contributed by atoms with Crippen molar-refractivity contribution in [3.63, 3.8) is 0 Å². The highest BCUT2D eigenvalue weighted by atomic mass is 32.2. The second kappa shape index (κ2) is 5.38. The fraction of sp³-hybridized carbons (Fsp3) is 0.600. The van der Waals surface area contributed by atoms with E-state index in [0.717, 1.165) is 0 Å². The number of H-pyrrole nitrogens is 1. The number of nitrogens with zero attached hydrogens (tertiary/aromatic N) is 3. The number of likely N-dealkylation sites (tertiary alicyclic amines) is 1. The first-order valence-corrected chi connectivity index (χ1v) is 7.57. The predicted octanol–water partition coefficient (Wildman–Crippen LogP) is -1.10. The van der Waals surface area contributed by atoms with Crippen LogP contribution < -0.4 is 10.5 Å². The highest BCUT2D eigenvalue weighted by molar-refractivity contribution is 7.89. The number of rotatable bonds is 4. The van der Waals surface area contributed by atoms with Gasteiger partial charge < -0.3 is 20.8 Å². The Balaban J connectivity index is 2.30. The predicted molar refractivity (Wildman–Crippen MR) is 71.8 cm³/mol. The molecule has 0 unspecified atom stereocenters. The summed E-state index contributed by atoms with van der Waals surface area (Å²) >= 11 is 0. The van der Waals surface area contributed by atoms with E-state index in [1.54, 1.807) is 0 Å². The van der Waals surface area contributed by atoms with E-state index in [1.165, 1.54) is 12.5 Å². The van der Waals surface area contributed by atoms with Crippen LogP contribution in [0.25, 0.3) is 0 Å². The molecule has 5 N–H and O–H groups in total. The summed E-state index contributed by atoms with van der Waals surface area (Å²) in [7, 11) is -1.88. The average Bonchev–Trinajstić information content (AvgIpc) is 2.95. The number of nitrogens with one attached hydrogen (secondary N) is 2. The molecule has 20 heavy (non-hydrogen) atoms. The third-order valence-corrected chi connectivity index (χ3v) is 4.99. The van der Waals surface area contributed by atoms with Crippen molar-refractivity contribution in [1.29, 1.82) is 0 Å². The summed E-state index contributed by atoms with van der Waals surface area (Å²) in [5, 5.41) is 11.9. The third kappa shape index (κ3) is 2.76. The first kappa shape index (κ1) is 14.8. The number of piperidine rings is 1. The fourth-order valence-corrected chi connectivity index (χ4v) is 3.55. The van der Waals surface area contributed by atoms with E-state index in [2.05, 4.69) is 19.8 Å². The van der Waals surface area contributed by atoms with E-state index in [0.29, 0.717) is 25.9 Å². The van der Waals surface area contributed by atoms with Crippen LogP contribution in [0.2, 0.25) is 0 Å². The van der Waals surface area contributed by atoms with Crippen LogP contribution in [-0.2, 0) is 10.0 Å². The fourth-order valence-electron chi connectivity index (χ4n) is 2.21. The molecule has 0 aliphatic carbocycles. The van der Waals surface area contributed by atoms with Gasteiger partial charge in [-0.1, -0.05) is 5.16 Å². The third-order valence-electron chi connectivity index (χ3n) is 3.53. The number of oxime groups is 1. The van der Waals surface area contributed by atoms with E-state index >= 15 is 0 Å². The zero-order chi connectivity index (χ0) is 14.8. The van der Waals surface area contributed by atoms with Gasteiger partial charge in [-0.25, -0.2) is 13.4 Å². The number of amidine groups is 1. The lowest BCUT2D eigenvalue weighted by molar-refractivity contribution is 0.213. The Morgan fingerprint density at radius 1 is 1.60 bits per heavy atom. The van der Waals surface area contributed by atoms with E-state index in [1.807, 2.05) is 11.9 Å². The van der Waals surface area contributed by atoms with Gasteiger partial charge in [-0.05, 0) is 19.9 Å². The SMILES string of the molecule is CN1CCC(NS(=O)(=O)c2cnc[nH]2)(C(N)=NO)CC1. The van der Waals surface area contributed by atoms with Gasteiger partial charge in [0, 0.05) is 13.1 Å². The quantitative estimate of drug-likeness (QED) is 0.241. The zero-order valence-electron chi connectivity index (χ0n) is 11.1. The van der Waals surface area contributed by atoms with Crippen LogP contribution in [0.4, 0.5) is 0 Å². The monoisotopic (exact) mass is 302 g/mol. The Kier molecular flexibility index (Phi) is 3.97. The van der Waals surface area contributed by atoms with Gasteiger partial charge in [0.25, 0.3) is 10.0 Å². The van der Waals surface area contributed by atoms with Gasteiger partial charge in [0.2, 0.25) is 0 Å². The van der Waals surface area contributed by atoms with Crippen molar-refractivity contribution in [2.45, 2.75) is 23.4 Å². The lowest BCUT2D eigenvalue weighted by atomic mass is 9.88. The summed E-state index contributed by atoms with van der Waals surface area (Å²) in [5.74, 6) is -0.131. The topological polar surface area (TPSA) is 137 Å². The van der Waals surface area contributed by atoms with Gasteiger partial charge in [0.05, 0.1) is 18.1 Å². The number of imidazole rings is 1. The van der Waals surface area contributed by atoms with E-state index in [-0.39, 0.29) is 10.9 Å². The molecule has 1 aromatic heterocycles. The molecule has 1 aliphatic rings. The van der Waals surface area contributed by atoms with Gasteiger partial charge in [0.15, 0.2) is 10.9 Å². The molecule has 1 saturated heterocycles. The minimum atomic E-state index is -3.81. The lowest BCUT2D eigenvalue weighted by Gasteiger charge is -2.39. The maximum Gasteiger partial charge on any atom is 0.258 e. The molecular formula is C10H18N6O3S. The summed E-state index contributed by atoms with van der Waals surface area (Å²) in [6.45, 7) is 1.28. The Hall–Kier alpha value is -1.65. The highest BCUT2D eigenvalue weighted by Gasteiger charge is 2.42. The number of aromatic amines is 1. The molecule has 9 nitrogen and oxygen atoms in total. The number of aromatic nitrogens is 2. The first-order valence-electron chi connectivity index (χ1n) is 6.08. The van der Waals surface area contributed by atoms with Crippen LogP contribution in [0.3, 0.4) is 0 Å². The summed E-state index contributed by atoms with van der Waals surface area (Å²) in [4.78, 5) is 8.27. The Bertz CT molecular complexity index is 574. The molecule has 2 heterocycles. The number of sulfonamides is 1. The molecule has 0 atom stereocenters. The van der Waals surface area contributed by atoms with Crippen LogP contribution in [0.15, 0.2) is 22.7 Å². The van der Waals surface area contributed by atoms with E-state index in [9.17, 15) is 8.42 Å². The normalized spacial score (nSPS) is 20.9. The van der Waals surface area contributed by atoms with Crippen molar-refractivity contribution in [2.24, 2.45) is 10.9 Å². The molecule has 0 spiro atoms. The summed E-state index contributed by atoms with van der Waals surface area (Å²) in [6.07, 6.45) is 3.33. The number of nitrogens with two attached hydrogens (primary N) is 1. The molecule has 0 saturated carbocycles. The van der Waals surface area contributed by atoms with Crippen molar-refractivity contribution >= 4 is 15.9 Å². The van der Waals surface area contributed by atoms with Crippen molar-refractivity contribution in [3.8, 4) is 0 Å². The standard InChI is InChI=1S/C10H18N6O3S/c1-16-4-2-10(3-5-16,9(11)14-17)15-20(18,19)8-6-12-7-13-8/h6-7,15,17H,2-5H2,1H3,(H2,11,14)(H,12,13). The van der Waals surface area contributed by atoms with Crippen LogP contribution in [-0.4, -0.2) is 60.0 Å². The van der Waals surface area contributed by atoms with Crippen LogP contribution in [0, 0.1) is 0 Å². The second-order valence-corrected chi connectivity index (χ2v) is 6.54. The molecular weight excluding hydrogens is 284 g/mol. The number of hydrogen-bond acceptors (Lipinski definition) is 6. The smallest absolute Gasteiger partial charge is 0.258 e. The lowest BCUT2D eigenvalue weighted by Crippen LogP contribution is -2.61. The van der Waals surface area contributed by atoms with E-state index < -0.39 is 15.6 Å². The summed E-state index contributed by atoms with van der Waals surface area (Å²) in [6, 6.07) is 0. The van der Waals surface area contributed by atoms with Crippen LogP contribution in [0.1, 0.15) is 12.8 Å². The molecule has 0 bridgehead atoms. The molecule has 0 radical (unpaired) electrons. The van der Waals surface area contributed by atoms with Crippen molar-refractivity contribution in [3.05, 3.63) is 12.5 Å². The molecule has 0 aromatic carbocycles. The van der Waals surface area contributed by atoms with Gasteiger partial charge >= 0.3 is 0 Å². The summed E-state index contributed by atoms with van der Waals surface area (Å²) in [5.41, 5.74) is 4.64. The molecule has 1 aromatic rings. The highest BCUT2D eigenvalue weighted by Crippen LogP contribution is 2.24. The van der Waals surface area contributed by atoms with Crippen LogP contribution >= 0.6 is 0 Å². The Morgan fingerprint density at radius 2 is 2.25 bits per heavy atom. The minimum absolute atomic E-state index is 0.0541. The van der Waals surface area contributed by atoms with Crippen molar-refractivity contribution < 1.29 is 13.6 Å². The molecule has 1 aliphatic heterocycles. The van der Waals surface area contributed by atoms with Crippen molar-refractivity contribution in [1.82, 2.24) is 19.6 Å². The van der Waals surface area contributed by atoms with Crippen molar-refractivity contribution in [2.75, 3.05) is 20.1 Å². The maximum atomic E-state index is 12.3. The first-order chi connectivity index (χ1) is 9.39. The number of hydrogen-bond donors (Lipinski definition) is 4. The molecule has 112 valence electrons. The minimum Gasteiger partial charge on any atom is -0.409 e. The van der Waals surface area contributed by atoms with Gasteiger partial charge in [-0.15, -0.1) is 0 Å². The van der Waals surface area contributed by atoms with Gasteiger partial charge in [-0.3, -0.25) is 0 Å². The zero-order valence-corrected chi connectivity index (χ0v) is 11.9. The van der Waals surface area contributed by atoms with E-state index in [4.69, 9.17) is 10.9 Å². The molecule has 0 amide bonds. The maximum absolute atomic E-state index is 12.3. The molecule has 2 rings (SSSR count). The molecule has 1 fully saturated rings.